The van der Waals surface area contributed by atoms with Crippen LogP contribution < -0.4 is 5.73 Å². The Kier molecular flexibility index (Phi) is 3.35. The normalized spacial score (nSPS) is 13.2. The average molecular weight is 241 g/mol. The summed E-state index contributed by atoms with van der Waals surface area (Å²) in [6.45, 7) is 0.357. The van der Waals surface area contributed by atoms with E-state index in [1.165, 1.54) is 0 Å². The second-order valence-electron chi connectivity index (χ2n) is 3.76. The van der Waals surface area contributed by atoms with E-state index in [9.17, 15) is 8.78 Å². The van der Waals surface area contributed by atoms with Crippen LogP contribution in [-0.2, 0) is 11.2 Å². The van der Waals surface area contributed by atoms with Gasteiger partial charge in [0.05, 0.1) is 17.1 Å². The topological polar surface area (TPSA) is 63.9 Å². The first-order valence-electron chi connectivity index (χ1n) is 5.20. The van der Waals surface area contributed by atoms with E-state index in [1.807, 2.05) is 0 Å². The highest BCUT2D eigenvalue weighted by molar-refractivity contribution is 5.75. The number of nitrogens with zero attached hydrogens (tertiary/aromatic N) is 1. The first-order chi connectivity index (χ1) is 8.13. The summed E-state index contributed by atoms with van der Waals surface area (Å²) >= 11 is 0. The first-order valence-corrected chi connectivity index (χ1v) is 5.20. The van der Waals surface area contributed by atoms with E-state index in [2.05, 4.69) is 9.97 Å². The van der Waals surface area contributed by atoms with Crippen molar-refractivity contribution in [3.8, 4) is 0 Å². The number of aromatic amines is 1. The van der Waals surface area contributed by atoms with Crippen LogP contribution in [0.4, 0.5) is 8.78 Å². The van der Waals surface area contributed by atoms with Crippen molar-refractivity contribution < 1.29 is 13.5 Å². The monoisotopic (exact) mass is 241 g/mol. The molecule has 0 amide bonds. The van der Waals surface area contributed by atoms with Gasteiger partial charge in [-0.25, -0.2) is 13.8 Å². The van der Waals surface area contributed by atoms with E-state index < -0.39 is 11.6 Å². The zero-order valence-corrected chi connectivity index (χ0v) is 9.34. The van der Waals surface area contributed by atoms with Crippen LogP contribution >= 0.6 is 0 Å². The van der Waals surface area contributed by atoms with Crippen molar-refractivity contribution >= 4 is 11.0 Å². The van der Waals surface area contributed by atoms with E-state index in [0.29, 0.717) is 29.8 Å². The molecule has 1 aromatic heterocycles. The second-order valence-corrected chi connectivity index (χ2v) is 3.76. The van der Waals surface area contributed by atoms with Gasteiger partial charge in [0, 0.05) is 32.2 Å². The number of ether oxygens (including phenoxy) is 1. The first kappa shape index (κ1) is 11.9. The minimum atomic E-state index is -0.905. The Bertz CT molecular complexity index is 484. The van der Waals surface area contributed by atoms with Crippen molar-refractivity contribution in [3.63, 3.8) is 0 Å². The van der Waals surface area contributed by atoms with Gasteiger partial charge < -0.3 is 15.5 Å². The van der Waals surface area contributed by atoms with Crippen molar-refractivity contribution in [2.75, 3.05) is 13.7 Å². The standard InChI is InChI=1S/C11H13F2N3O/c1-17-6(5-14)2-11-15-9-3-7(12)8(13)4-10(9)16-11/h3-4,6H,2,5,14H2,1H3,(H,15,16). The van der Waals surface area contributed by atoms with Gasteiger partial charge in [0.15, 0.2) is 11.6 Å². The molecule has 92 valence electrons. The number of aromatic nitrogens is 2. The fourth-order valence-corrected chi connectivity index (χ4v) is 1.63. The minimum Gasteiger partial charge on any atom is -0.380 e. The number of rotatable bonds is 4. The molecule has 0 spiro atoms. The van der Waals surface area contributed by atoms with Crippen LogP contribution in [0.1, 0.15) is 5.82 Å². The van der Waals surface area contributed by atoms with E-state index in [-0.39, 0.29) is 6.10 Å². The van der Waals surface area contributed by atoms with Gasteiger partial charge in [-0.2, -0.15) is 0 Å². The lowest BCUT2D eigenvalue weighted by atomic mass is 10.2. The maximum absolute atomic E-state index is 13.0. The quantitative estimate of drug-likeness (QED) is 0.849. The molecule has 0 aliphatic heterocycles. The van der Waals surface area contributed by atoms with E-state index in [1.54, 1.807) is 7.11 Å². The molecule has 0 radical (unpaired) electrons. The highest BCUT2D eigenvalue weighted by Crippen LogP contribution is 2.17. The van der Waals surface area contributed by atoms with Gasteiger partial charge >= 0.3 is 0 Å². The molecule has 17 heavy (non-hydrogen) atoms. The summed E-state index contributed by atoms with van der Waals surface area (Å²) in [5.41, 5.74) is 6.34. The van der Waals surface area contributed by atoms with Crippen LogP contribution in [0.3, 0.4) is 0 Å². The van der Waals surface area contributed by atoms with Gasteiger partial charge in [-0.1, -0.05) is 0 Å². The lowest BCUT2D eigenvalue weighted by Gasteiger charge is -2.09. The van der Waals surface area contributed by atoms with Gasteiger partial charge in [-0.15, -0.1) is 0 Å². The average Bonchev–Trinajstić information content (AvgIpc) is 2.68. The zero-order valence-electron chi connectivity index (χ0n) is 9.34. The Hall–Kier alpha value is -1.53. The van der Waals surface area contributed by atoms with Crippen molar-refractivity contribution in [2.24, 2.45) is 5.73 Å². The maximum atomic E-state index is 13.0. The molecule has 0 aliphatic rings. The maximum Gasteiger partial charge on any atom is 0.161 e. The summed E-state index contributed by atoms with van der Waals surface area (Å²) in [6, 6.07) is 2.15. The number of nitrogens with two attached hydrogens (primary N) is 1. The fourth-order valence-electron chi connectivity index (χ4n) is 1.63. The Labute approximate surface area is 96.8 Å². The van der Waals surface area contributed by atoms with Crippen LogP contribution in [0.15, 0.2) is 12.1 Å². The minimum absolute atomic E-state index is 0.162. The zero-order chi connectivity index (χ0) is 12.4. The number of benzene rings is 1. The Morgan fingerprint density at radius 3 is 2.76 bits per heavy atom. The number of nitrogens with one attached hydrogen (secondary N) is 1. The van der Waals surface area contributed by atoms with Gasteiger partial charge in [0.1, 0.15) is 5.82 Å². The molecule has 1 aromatic carbocycles. The lowest BCUT2D eigenvalue weighted by molar-refractivity contribution is 0.108. The van der Waals surface area contributed by atoms with Crippen molar-refractivity contribution in [2.45, 2.75) is 12.5 Å². The summed E-state index contributed by atoms with van der Waals surface area (Å²) in [5, 5.41) is 0. The van der Waals surface area contributed by atoms with Gasteiger partial charge in [-0.3, -0.25) is 0 Å². The molecule has 6 heteroatoms. The van der Waals surface area contributed by atoms with Crippen LogP contribution in [-0.4, -0.2) is 29.7 Å². The summed E-state index contributed by atoms with van der Waals surface area (Å²) < 4.78 is 31.1. The second kappa shape index (κ2) is 4.77. The molecule has 3 N–H and O–H groups in total. The van der Waals surface area contributed by atoms with Crippen molar-refractivity contribution in [3.05, 3.63) is 29.6 Å². The molecule has 4 nitrogen and oxygen atoms in total. The molecule has 0 fully saturated rings. The fraction of sp³-hybridized carbons (Fsp3) is 0.364. The van der Waals surface area contributed by atoms with Crippen molar-refractivity contribution in [1.29, 1.82) is 0 Å². The van der Waals surface area contributed by atoms with Gasteiger partial charge in [0.25, 0.3) is 0 Å². The molecule has 1 heterocycles. The van der Waals surface area contributed by atoms with Crippen molar-refractivity contribution in [1.82, 2.24) is 9.97 Å². The van der Waals surface area contributed by atoms with Gasteiger partial charge in [0.2, 0.25) is 0 Å². The summed E-state index contributed by atoms with van der Waals surface area (Å²) in [7, 11) is 1.56. The largest absolute Gasteiger partial charge is 0.380 e. The summed E-state index contributed by atoms with van der Waals surface area (Å²) in [5.74, 6) is -1.20. The molecule has 1 unspecified atom stereocenters. The number of hydrogen-bond acceptors (Lipinski definition) is 3. The predicted octanol–water partition coefficient (Wildman–Crippen LogP) is 1.36. The number of halogens is 2. The van der Waals surface area contributed by atoms with E-state index in [0.717, 1.165) is 12.1 Å². The van der Waals surface area contributed by atoms with E-state index in [4.69, 9.17) is 10.5 Å². The molecule has 1 atom stereocenters. The molecule has 2 aromatic rings. The van der Waals surface area contributed by atoms with Crippen LogP contribution in [0, 0.1) is 11.6 Å². The Balaban J connectivity index is 2.31. The molecule has 0 saturated heterocycles. The molecule has 0 saturated carbocycles. The highest BCUT2D eigenvalue weighted by Gasteiger charge is 2.12. The highest BCUT2D eigenvalue weighted by atomic mass is 19.2. The van der Waals surface area contributed by atoms with Crippen LogP contribution in [0.5, 0.6) is 0 Å². The number of hydrogen-bond donors (Lipinski definition) is 2. The number of H-pyrrole nitrogens is 1. The molecule has 2 rings (SSSR count). The number of methoxy groups -OCH3 is 1. The lowest BCUT2D eigenvalue weighted by Crippen LogP contribution is -2.25. The number of fused-ring (bicyclic) bond motifs is 1. The van der Waals surface area contributed by atoms with Gasteiger partial charge in [-0.05, 0) is 0 Å². The molecule has 0 bridgehead atoms. The smallest absolute Gasteiger partial charge is 0.161 e. The molecule has 0 aliphatic carbocycles. The third-order valence-electron chi connectivity index (χ3n) is 2.59. The SMILES string of the molecule is COC(CN)Cc1nc2cc(F)c(F)cc2[nH]1. The number of imidazole rings is 1. The van der Waals surface area contributed by atoms with Crippen LogP contribution in [0.2, 0.25) is 0 Å². The Morgan fingerprint density at radius 1 is 1.41 bits per heavy atom. The Morgan fingerprint density at radius 2 is 2.12 bits per heavy atom. The van der Waals surface area contributed by atoms with E-state index >= 15 is 0 Å². The predicted molar refractivity (Wildman–Crippen MR) is 59.6 cm³/mol. The van der Waals surface area contributed by atoms with Crippen LogP contribution in [0.25, 0.3) is 11.0 Å². The third kappa shape index (κ3) is 2.42. The summed E-state index contributed by atoms with van der Waals surface area (Å²) in [6.07, 6.45) is 0.315. The molecular formula is C11H13F2N3O. The summed E-state index contributed by atoms with van der Waals surface area (Å²) in [4.78, 5) is 7.06. The molecular weight excluding hydrogens is 228 g/mol. The third-order valence-corrected chi connectivity index (χ3v) is 2.59.